The Hall–Kier alpha value is -3.68. The van der Waals surface area contributed by atoms with Crippen molar-refractivity contribution in [2.75, 3.05) is 6.61 Å². The number of ether oxygens (including phenoxy) is 1. The van der Waals surface area contributed by atoms with Gasteiger partial charge in [0.1, 0.15) is 11.5 Å². The topological polar surface area (TPSA) is 94.6 Å². The minimum Gasteiger partial charge on any atom is -0.488 e. The molecule has 0 saturated carbocycles. The van der Waals surface area contributed by atoms with E-state index in [2.05, 4.69) is 5.32 Å². The van der Waals surface area contributed by atoms with Gasteiger partial charge in [-0.3, -0.25) is 14.9 Å². The summed E-state index contributed by atoms with van der Waals surface area (Å²) in [5, 5.41) is 13.4. The molecule has 0 spiro atoms. The summed E-state index contributed by atoms with van der Waals surface area (Å²) < 4.78 is 24.2. The van der Waals surface area contributed by atoms with Crippen LogP contribution in [0, 0.1) is 15.9 Å². The van der Waals surface area contributed by atoms with Gasteiger partial charge in [-0.05, 0) is 23.8 Å². The standard InChI is InChI=1S/C19H15FN2O5/c20-14-8-4-5-9-16(14)26-12-15(13-6-2-1-3-7-13)21-19(23)17-10-11-18(27-17)22(24)25/h1-11,15H,12H2,(H,21,23). The second kappa shape index (κ2) is 8.13. The average Bonchev–Trinajstić information content (AvgIpc) is 3.17. The monoisotopic (exact) mass is 370 g/mol. The van der Waals surface area contributed by atoms with Crippen LogP contribution in [0.5, 0.6) is 5.75 Å². The number of hydrogen-bond donors (Lipinski definition) is 1. The molecular formula is C19H15FN2O5. The van der Waals surface area contributed by atoms with Crippen LogP contribution in [0.1, 0.15) is 22.2 Å². The number of nitro groups is 1. The first-order chi connectivity index (χ1) is 13.0. The van der Waals surface area contributed by atoms with E-state index in [9.17, 15) is 19.3 Å². The van der Waals surface area contributed by atoms with E-state index in [1.807, 2.05) is 6.07 Å². The minimum atomic E-state index is -0.729. The Morgan fingerprint density at radius 3 is 2.48 bits per heavy atom. The fraction of sp³-hybridized carbons (Fsp3) is 0.105. The SMILES string of the molecule is O=C(NC(COc1ccccc1F)c1ccccc1)c1ccc([N+](=O)[O-])o1. The van der Waals surface area contributed by atoms with Crippen LogP contribution in [0.2, 0.25) is 0 Å². The molecule has 0 fully saturated rings. The van der Waals surface area contributed by atoms with Gasteiger partial charge >= 0.3 is 5.88 Å². The molecule has 8 heteroatoms. The van der Waals surface area contributed by atoms with Crippen LogP contribution < -0.4 is 10.1 Å². The highest BCUT2D eigenvalue weighted by molar-refractivity contribution is 5.92. The highest BCUT2D eigenvalue weighted by Crippen LogP contribution is 2.21. The molecule has 0 saturated heterocycles. The Labute approximate surface area is 153 Å². The molecule has 3 aromatic rings. The second-order valence-corrected chi connectivity index (χ2v) is 5.57. The van der Waals surface area contributed by atoms with E-state index < -0.39 is 28.6 Å². The number of benzene rings is 2. The van der Waals surface area contributed by atoms with Crippen molar-refractivity contribution in [2.45, 2.75) is 6.04 Å². The third-order valence-corrected chi connectivity index (χ3v) is 3.74. The molecule has 1 unspecified atom stereocenters. The van der Waals surface area contributed by atoms with E-state index in [1.165, 1.54) is 18.2 Å². The summed E-state index contributed by atoms with van der Waals surface area (Å²) in [7, 11) is 0. The quantitative estimate of drug-likeness (QED) is 0.503. The normalized spacial score (nSPS) is 11.6. The van der Waals surface area contributed by atoms with Gasteiger partial charge in [0.15, 0.2) is 17.3 Å². The van der Waals surface area contributed by atoms with Gasteiger partial charge in [0.05, 0.1) is 12.1 Å². The molecule has 0 radical (unpaired) electrons. The lowest BCUT2D eigenvalue weighted by molar-refractivity contribution is -0.402. The fourth-order valence-corrected chi connectivity index (χ4v) is 2.42. The van der Waals surface area contributed by atoms with Crippen molar-refractivity contribution in [2.24, 2.45) is 0 Å². The zero-order valence-corrected chi connectivity index (χ0v) is 14.0. The summed E-state index contributed by atoms with van der Waals surface area (Å²) in [5.74, 6) is -1.83. The molecule has 0 aliphatic heterocycles. The predicted molar refractivity (Wildman–Crippen MR) is 93.9 cm³/mol. The maximum absolute atomic E-state index is 13.8. The lowest BCUT2D eigenvalue weighted by Gasteiger charge is -2.19. The molecule has 138 valence electrons. The van der Waals surface area contributed by atoms with Crippen LogP contribution in [0.25, 0.3) is 0 Å². The molecular weight excluding hydrogens is 355 g/mol. The number of hydrogen-bond acceptors (Lipinski definition) is 5. The smallest absolute Gasteiger partial charge is 0.433 e. The van der Waals surface area contributed by atoms with Crippen molar-refractivity contribution in [3.8, 4) is 5.75 Å². The summed E-state index contributed by atoms with van der Waals surface area (Å²) >= 11 is 0. The van der Waals surface area contributed by atoms with Crippen molar-refractivity contribution in [3.05, 3.63) is 94.0 Å². The highest BCUT2D eigenvalue weighted by Gasteiger charge is 2.22. The van der Waals surface area contributed by atoms with Crippen LogP contribution in [0.15, 0.2) is 71.1 Å². The molecule has 0 aliphatic carbocycles. The zero-order valence-electron chi connectivity index (χ0n) is 14.0. The highest BCUT2D eigenvalue weighted by atomic mass is 19.1. The first-order valence-corrected chi connectivity index (χ1v) is 8.02. The second-order valence-electron chi connectivity index (χ2n) is 5.57. The van der Waals surface area contributed by atoms with Gasteiger partial charge in [0.2, 0.25) is 0 Å². The lowest BCUT2D eigenvalue weighted by atomic mass is 10.1. The van der Waals surface area contributed by atoms with Gasteiger partial charge < -0.3 is 14.5 Å². The maximum Gasteiger partial charge on any atom is 0.433 e. The van der Waals surface area contributed by atoms with E-state index in [4.69, 9.17) is 9.15 Å². The Balaban J connectivity index is 1.76. The van der Waals surface area contributed by atoms with Crippen molar-refractivity contribution in [1.82, 2.24) is 5.32 Å². The van der Waals surface area contributed by atoms with Crippen LogP contribution in [0.4, 0.5) is 10.3 Å². The summed E-state index contributed by atoms with van der Waals surface area (Å²) in [6.45, 7) is -0.0422. The molecule has 2 aromatic carbocycles. The predicted octanol–water partition coefficient (Wildman–Crippen LogP) is 3.88. The molecule has 0 aliphatic rings. The molecule has 1 heterocycles. The van der Waals surface area contributed by atoms with Gasteiger partial charge in [0, 0.05) is 0 Å². The number of rotatable bonds is 7. The molecule has 7 nitrogen and oxygen atoms in total. The summed E-state index contributed by atoms with van der Waals surface area (Å²) in [4.78, 5) is 22.4. The molecule has 1 N–H and O–H groups in total. The molecule has 0 bridgehead atoms. The minimum absolute atomic E-state index is 0.0422. The number of halogens is 1. The van der Waals surface area contributed by atoms with Gasteiger partial charge in [-0.2, -0.15) is 0 Å². The Morgan fingerprint density at radius 2 is 1.81 bits per heavy atom. The van der Waals surface area contributed by atoms with Crippen LogP contribution in [-0.4, -0.2) is 17.4 Å². The van der Waals surface area contributed by atoms with Crippen LogP contribution in [0.3, 0.4) is 0 Å². The van der Waals surface area contributed by atoms with Crippen molar-refractivity contribution in [3.63, 3.8) is 0 Å². The van der Waals surface area contributed by atoms with Gasteiger partial charge in [-0.25, -0.2) is 4.39 Å². The maximum atomic E-state index is 13.8. The first kappa shape index (κ1) is 18.1. The zero-order chi connectivity index (χ0) is 19.2. The number of nitrogens with zero attached hydrogens (tertiary/aromatic N) is 1. The van der Waals surface area contributed by atoms with Crippen molar-refractivity contribution < 1.29 is 23.3 Å². The number of para-hydroxylation sites is 1. The number of nitrogens with one attached hydrogen (secondary N) is 1. The van der Waals surface area contributed by atoms with E-state index in [1.54, 1.807) is 36.4 Å². The molecule has 3 rings (SSSR count). The molecule has 1 atom stereocenters. The summed E-state index contributed by atoms with van der Waals surface area (Å²) in [6, 6.07) is 16.6. The van der Waals surface area contributed by atoms with E-state index >= 15 is 0 Å². The van der Waals surface area contributed by atoms with Crippen molar-refractivity contribution in [1.29, 1.82) is 0 Å². The number of carbonyl (C=O) groups is 1. The third kappa shape index (κ3) is 4.49. The Kier molecular flexibility index (Phi) is 5.46. The van der Waals surface area contributed by atoms with E-state index in [-0.39, 0.29) is 18.1 Å². The molecule has 1 amide bonds. The fourth-order valence-electron chi connectivity index (χ4n) is 2.42. The summed E-state index contributed by atoms with van der Waals surface area (Å²) in [6.07, 6.45) is 0. The number of carbonyl (C=O) groups excluding carboxylic acids is 1. The third-order valence-electron chi connectivity index (χ3n) is 3.74. The molecule has 1 aromatic heterocycles. The molecule has 27 heavy (non-hydrogen) atoms. The van der Waals surface area contributed by atoms with Gasteiger partial charge in [0.25, 0.3) is 5.91 Å². The lowest BCUT2D eigenvalue weighted by Crippen LogP contribution is -2.32. The van der Waals surface area contributed by atoms with Gasteiger partial charge in [-0.15, -0.1) is 0 Å². The number of amides is 1. The van der Waals surface area contributed by atoms with E-state index in [0.717, 1.165) is 11.6 Å². The Morgan fingerprint density at radius 1 is 1.11 bits per heavy atom. The largest absolute Gasteiger partial charge is 0.488 e. The summed E-state index contributed by atoms with van der Waals surface area (Å²) in [5.41, 5.74) is 0.725. The van der Waals surface area contributed by atoms with Crippen LogP contribution in [-0.2, 0) is 0 Å². The van der Waals surface area contributed by atoms with Crippen molar-refractivity contribution >= 4 is 11.8 Å². The van der Waals surface area contributed by atoms with Gasteiger partial charge in [-0.1, -0.05) is 42.5 Å². The number of furan rings is 1. The van der Waals surface area contributed by atoms with E-state index in [0.29, 0.717) is 0 Å². The average molecular weight is 370 g/mol. The van der Waals surface area contributed by atoms with Crippen LogP contribution >= 0.6 is 0 Å². The first-order valence-electron chi connectivity index (χ1n) is 8.02. The Bertz CT molecular complexity index is 942.